The number of rotatable bonds is 3. The maximum absolute atomic E-state index is 12.5. The molecule has 2 saturated heterocycles. The van der Waals surface area contributed by atoms with Crippen molar-refractivity contribution in [1.82, 2.24) is 15.4 Å². The summed E-state index contributed by atoms with van der Waals surface area (Å²) in [5.41, 5.74) is 6.20. The van der Waals surface area contributed by atoms with Crippen molar-refractivity contribution < 1.29 is 23.8 Å². The van der Waals surface area contributed by atoms with Crippen molar-refractivity contribution in [3.05, 3.63) is 59.2 Å². The topological polar surface area (TPSA) is 82.2 Å². The number of hydrogen-bond acceptors (Lipinski definition) is 6. The van der Waals surface area contributed by atoms with Crippen LogP contribution in [0.5, 0.6) is 5.75 Å². The highest BCUT2D eigenvalue weighted by molar-refractivity contribution is 6.37. The standard InChI is InChI=1S/C27H28ClN3O5/c28-24-21(8-6-18-4-3-12-29-25(18)24)19-7-9-22-20(16-19)17-34-27(35-22)10-13-31(14-11-27)26(32)30-36-23-5-1-2-15-33-23/h3-4,6-9,12,16,23H,1-2,5,10-11,13-15,17H2,(H,30,32). The van der Waals surface area contributed by atoms with Gasteiger partial charge in [0.1, 0.15) is 5.75 Å². The Bertz CT molecular complexity index is 1270. The SMILES string of the molecule is O=C(NOC1CCCCO1)N1CCC2(CC1)OCc1cc(-c3ccc4cccnc4c3Cl)ccc1O2. The van der Waals surface area contributed by atoms with Crippen molar-refractivity contribution in [2.75, 3.05) is 19.7 Å². The van der Waals surface area contributed by atoms with E-state index in [9.17, 15) is 4.79 Å². The first-order chi connectivity index (χ1) is 17.6. The van der Waals surface area contributed by atoms with Crippen molar-refractivity contribution in [3.63, 3.8) is 0 Å². The first-order valence-corrected chi connectivity index (χ1v) is 12.8. The molecule has 6 rings (SSSR count). The Morgan fingerprint density at radius 2 is 2.06 bits per heavy atom. The summed E-state index contributed by atoms with van der Waals surface area (Å²) in [6.07, 6.45) is 5.38. The van der Waals surface area contributed by atoms with Gasteiger partial charge in [-0.15, -0.1) is 0 Å². The third kappa shape index (κ3) is 4.62. The van der Waals surface area contributed by atoms with E-state index in [-0.39, 0.29) is 12.3 Å². The van der Waals surface area contributed by atoms with Crippen LogP contribution in [0, 0.1) is 0 Å². The van der Waals surface area contributed by atoms with E-state index < -0.39 is 5.79 Å². The predicted octanol–water partition coefficient (Wildman–Crippen LogP) is 5.42. The fourth-order valence-corrected chi connectivity index (χ4v) is 5.34. The highest BCUT2D eigenvalue weighted by atomic mass is 35.5. The third-order valence-corrected chi connectivity index (χ3v) is 7.48. The first kappa shape index (κ1) is 23.5. The Morgan fingerprint density at radius 1 is 1.17 bits per heavy atom. The summed E-state index contributed by atoms with van der Waals surface area (Å²) in [5.74, 6) is 0.0686. The quantitative estimate of drug-likeness (QED) is 0.474. The molecule has 2 fully saturated rings. The van der Waals surface area contributed by atoms with Crippen LogP contribution in [0.25, 0.3) is 22.0 Å². The monoisotopic (exact) mass is 509 g/mol. The van der Waals surface area contributed by atoms with Crippen molar-refractivity contribution in [2.24, 2.45) is 0 Å². The van der Waals surface area contributed by atoms with E-state index in [0.29, 0.717) is 44.2 Å². The van der Waals surface area contributed by atoms with Gasteiger partial charge in [-0.2, -0.15) is 0 Å². The minimum absolute atomic E-state index is 0.262. The summed E-state index contributed by atoms with van der Waals surface area (Å²) in [6, 6.07) is 13.7. The van der Waals surface area contributed by atoms with Crippen LogP contribution in [0.3, 0.4) is 0 Å². The van der Waals surface area contributed by atoms with E-state index in [4.69, 9.17) is 30.6 Å². The molecule has 0 radical (unpaired) electrons. The molecule has 2 amide bonds. The largest absolute Gasteiger partial charge is 0.462 e. The number of hydrogen-bond donors (Lipinski definition) is 1. The fraction of sp³-hybridized carbons (Fsp3) is 0.407. The second-order valence-electron chi connectivity index (χ2n) is 9.43. The number of nitrogens with zero attached hydrogens (tertiary/aromatic N) is 2. The molecular weight excluding hydrogens is 482 g/mol. The first-order valence-electron chi connectivity index (χ1n) is 12.4. The van der Waals surface area contributed by atoms with E-state index in [1.54, 1.807) is 11.1 Å². The molecule has 0 aliphatic carbocycles. The van der Waals surface area contributed by atoms with Gasteiger partial charge in [-0.05, 0) is 36.6 Å². The molecule has 0 bridgehead atoms. The number of carbonyl (C=O) groups is 1. The number of urea groups is 1. The van der Waals surface area contributed by atoms with Gasteiger partial charge in [0, 0.05) is 61.7 Å². The number of nitrogens with one attached hydrogen (secondary N) is 1. The zero-order chi connectivity index (χ0) is 24.5. The molecule has 1 unspecified atom stereocenters. The van der Waals surface area contributed by atoms with Gasteiger partial charge in [-0.25, -0.2) is 15.1 Å². The predicted molar refractivity (Wildman–Crippen MR) is 134 cm³/mol. The van der Waals surface area contributed by atoms with Crippen molar-refractivity contribution in [3.8, 4) is 16.9 Å². The van der Waals surface area contributed by atoms with Crippen LogP contribution in [0.15, 0.2) is 48.7 Å². The highest BCUT2D eigenvalue weighted by Gasteiger charge is 2.42. The van der Waals surface area contributed by atoms with Gasteiger partial charge in [-0.3, -0.25) is 4.98 Å². The molecule has 9 heteroatoms. The zero-order valence-corrected chi connectivity index (χ0v) is 20.6. The molecular formula is C27H28ClN3O5. The molecule has 2 aromatic carbocycles. The molecule has 188 valence electrons. The molecule has 1 aromatic heterocycles. The van der Waals surface area contributed by atoms with Crippen LogP contribution in [-0.4, -0.2) is 47.7 Å². The van der Waals surface area contributed by atoms with Crippen LogP contribution < -0.4 is 10.2 Å². The molecule has 1 atom stereocenters. The third-order valence-electron chi connectivity index (χ3n) is 7.10. The molecule has 3 aliphatic heterocycles. The Morgan fingerprint density at radius 3 is 2.89 bits per heavy atom. The van der Waals surface area contributed by atoms with Gasteiger partial charge < -0.3 is 19.1 Å². The summed E-state index contributed by atoms with van der Waals surface area (Å²) >= 11 is 6.70. The van der Waals surface area contributed by atoms with E-state index in [2.05, 4.69) is 16.5 Å². The van der Waals surface area contributed by atoms with E-state index in [1.807, 2.05) is 36.4 Å². The molecule has 1 spiro atoms. The van der Waals surface area contributed by atoms with Gasteiger partial charge in [-0.1, -0.05) is 35.9 Å². The Labute approximate surface area is 214 Å². The zero-order valence-electron chi connectivity index (χ0n) is 19.9. The lowest BCUT2D eigenvalue weighted by Gasteiger charge is -2.43. The normalized spacial score (nSPS) is 21.1. The second-order valence-corrected chi connectivity index (χ2v) is 9.81. The van der Waals surface area contributed by atoms with Gasteiger partial charge in [0.05, 0.1) is 17.1 Å². The molecule has 36 heavy (non-hydrogen) atoms. The number of piperidine rings is 1. The molecule has 4 heterocycles. The maximum atomic E-state index is 12.5. The number of benzene rings is 2. The Hall–Kier alpha value is -2.91. The molecule has 1 N–H and O–H groups in total. The summed E-state index contributed by atoms with van der Waals surface area (Å²) in [5, 5.41) is 1.64. The number of amides is 2. The number of hydroxylamine groups is 1. The number of likely N-dealkylation sites (tertiary alicyclic amines) is 1. The Balaban J connectivity index is 1.10. The van der Waals surface area contributed by atoms with Crippen molar-refractivity contribution >= 4 is 28.5 Å². The average Bonchev–Trinajstić information content (AvgIpc) is 2.93. The van der Waals surface area contributed by atoms with Crippen molar-refractivity contribution in [1.29, 1.82) is 0 Å². The molecule has 0 saturated carbocycles. The molecule has 3 aromatic rings. The fourth-order valence-electron chi connectivity index (χ4n) is 5.01. The number of halogens is 1. The van der Waals surface area contributed by atoms with E-state index >= 15 is 0 Å². The molecule has 3 aliphatic rings. The minimum atomic E-state index is -0.733. The number of pyridine rings is 1. The summed E-state index contributed by atoms with van der Waals surface area (Å²) in [4.78, 5) is 24.1. The van der Waals surface area contributed by atoms with Gasteiger partial charge in [0.15, 0.2) is 6.29 Å². The summed E-state index contributed by atoms with van der Waals surface area (Å²) < 4.78 is 18.1. The number of carbonyl (C=O) groups excluding carboxylic acids is 1. The number of ether oxygens (including phenoxy) is 3. The van der Waals surface area contributed by atoms with Crippen LogP contribution in [0.2, 0.25) is 5.02 Å². The highest BCUT2D eigenvalue weighted by Crippen LogP contribution is 2.41. The average molecular weight is 510 g/mol. The van der Waals surface area contributed by atoms with E-state index in [0.717, 1.165) is 52.6 Å². The van der Waals surface area contributed by atoms with Gasteiger partial charge >= 0.3 is 6.03 Å². The van der Waals surface area contributed by atoms with Crippen LogP contribution in [-0.2, 0) is 20.9 Å². The lowest BCUT2D eigenvalue weighted by Crippen LogP contribution is -2.54. The smallest absolute Gasteiger partial charge is 0.341 e. The van der Waals surface area contributed by atoms with Gasteiger partial charge in [0.2, 0.25) is 5.79 Å². The number of aromatic nitrogens is 1. The summed E-state index contributed by atoms with van der Waals surface area (Å²) in [6.45, 7) is 2.11. The second kappa shape index (κ2) is 9.86. The molecule has 8 nitrogen and oxygen atoms in total. The summed E-state index contributed by atoms with van der Waals surface area (Å²) in [7, 11) is 0. The number of fused-ring (bicyclic) bond motifs is 2. The lowest BCUT2D eigenvalue weighted by molar-refractivity contribution is -0.226. The van der Waals surface area contributed by atoms with Crippen molar-refractivity contribution in [2.45, 2.75) is 50.8 Å². The lowest BCUT2D eigenvalue weighted by atomic mass is 9.98. The van der Waals surface area contributed by atoms with Crippen LogP contribution in [0.4, 0.5) is 4.79 Å². The van der Waals surface area contributed by atoms with Gasteiger partial charge in [0.25, 0.3) is 0 Å². The van der Waals surface area contributed by atoms with Crippen LogP contribution in [0.1, 0.15) is 37.7 Å². The minimum Gasteiger partial charge on any atom is -0.462 e. The van der Waals surface area contributed by atoms with Crippen LogP contribution >= 0.6 is 11.6 Å². The Kier molecular flexibility index (Phi) is 6.43. The maximum Gasteiger partial charge on any atom is 0.341 e. The van der Waals surface area contributed by atoms with E-state index in [1.165, 1.54) is 0 Å².